The lowest BCUT2D eigenvalue weighted by molar-refractivity contribution is 0.0613. The fraction of sp³-hybridized carbons (Fsp3) is 0.571. The van der Waals surface area contributed by atoms with E-state index in [9.17, 15) is 0 Å². The second kappa shape index (κ2) is 8.27. The lowest BCUT2D eigenvalue weighted by Gasteiger charge is -2.26. The minimum Gasteiger partial charge on any atom is -0.381 e. The number of nitrogens with two attached hydrogens (primary N) is 1. The lowest BCUT2D eigenvalue weighted by Crippen LogP contribution is -2.39. The normalized spacial score (nSPS) is 18.4. The van der Waals surface area contributed by atoms with Crippen LogP contribution in [0, 0.1) is 5.92 Å². The number of benzene rings is 1. The average Bonchev–Trinajstić information content (AvgIpc) is 2.46. The van der Waals surface area contributed by atoms with Gasteiger partial charge in [-0.15, -0.1) is 11.8 Å². The predicted octanol–water partition coefficient (Wildman–Crippen LogP) is 3.19. The molecule has 1 aliphatic rings. The molecule has 1 atom stereocenters. The van der Waals surface area contributed by atoms with Gasteiger partial charge in [0.1, 0.15) is 0 Å². The van der Waals surface area contributed by atoms with E-state index in [-0.39, 0.29) is 0 Å². The Bertz CT molecular complexity index is 385. The first-order valence-electron chi connectivity index (χ1n) is 6.71. The number of hydrogen-bond acceptors (Lipinski definition) is 4. The van der Waals surface area contributed by atoms with E-state index in [0.29, 0.717) is 6.04 Å². The van der Waals surface area contributed by atoms with Gasteiger partial charge in [0, 0.05) is 34.4 Å². The number of thioether (sulfide) groups is 1. The molecule has 1 aliphatic heterocycles. The van der Waals surface area contributed by atoms with Gasteiger partial charge in [-0.2, -0.15) is 0 Å². The lowest BCUT2D eigenvalue weighted by atomic mass is 9.93. The third-order valence-electron chi connectivity index (χ3n) is 3.47. The molecule has 3 N–H and O–H groups in total. The first kappa shape index (κ1) is 15.3. The molecule has 0 spiro atoms. The predicted molar refractivity (Wildman–Crippen MR) is 84.1 cm³/mol. The molecule has 106 valence electrons. The summed E-state index contributed by atoms with van der Waals surface area (Å²) >= 11 is 5.43. The van der Waals surface area contributed by atoms with Gasteiger partial charge in [0.15, 0.2) is 0 Å². The molecule has 0 aliphatic carbocycles. The molecular weight excluding hydrogens is 324 g/mol. The molecule has 0 amide bonds. The molecule has 0 bridgehead atoms. The highest BCUT2D eigenvalue weighted by Gasteiger charge is 2.19. The molecular formula is C14H21BrN2OS. The van der Waals surface area contributed by atoms with Gasteiger partial charge in [-0.1, -0.05) is 12.1 Å². The summed E-state index contributed by atoms with van der Waals surface area (Å²) in [4.78, 5) is 1.27. The van der Waals surface area contributed by atoms with Crippen LogP contribution in [0.3, 0.4) is 0 Å². The van der Waals surface area contributed by atoms with Crippen LogP contribution in [0.1, 0.15) is 19.3 Å². The minimum atomic E-state index is 0.361. The number of hydrazine groups is 1. The molecule has 2 rings (SSSR count). The number of hydrogen-bond donors (Lipinski definition) is 2. The van der Waals surface area contributed by atoms with Crippen LogP contribution in [-0.4, -0.2) is 25.0 Å². The summed E-state index contributed by atoms with van der Waals surface area (Å²) < 4.78 is 6.55. The van der Waals surface area contributed by atoms with Gasteiger partial charge in [0.2, 0.25) is 0 Å². The van der Waals surface area contributed by atoms with Crippen LogP contribution < -0.4 is 11.3 Å². The van der Waals surface area contributed by atoms with Crippen molar-refractivity contribution in [3.05, 3.63) is 28.7 Å². The third-order valence-corrected chi connectivity index (χ3v) is 5.66. The maximum Gasteiger partial charge on any atom is 0.0468 e. The van der Waals surface area contributed by atoms with Gasteiger partial charge in [-0.25, -0.2) is 0 Å². The smallest absolute Gasteiger partial charge is 0.0468 e. The molecule has 1 fully saturated rings. The third kappa shape index (κ3) is 5.08. The van der Waals surface area contributed by atoms with E-state index in [4.69, 9.17) is 10.6 Å². The van der Waals surface area contributed by atoms with Crippen molar-refractivity contribution in [1.82, 2.24) is 5.43 Å². The summed E-state index contributed by atoms with van der Waals surface area (Å²) in [5, 5.41) is 0. The summed E-state index contributed by atoms with van der Waals surface area (Å²) in [6, 6.07) is 8.67. The molecule has 0 saturated carbocycles. The molecule has 1 aromatic rings. The Balaban J connectivity index is 1.80. The van der Waals surface area contributed by atoms with Crippen LogP contribution in [0.5, 0.6) is 0 Å². The van der Waals surface area contributed by atoms with Gasteiger partial charge in [0.05, 0.1) is 0 Å². The van der Waals surface area contributed by atoms with E-state index in [1.807, 2.05) is 17.8 Å². The Morgan fingerprint density at radius 2 is 2.11 bits per heavy atom. The van der Waals surface area contributed by atoms with Crippen LogP contribution in [0.4, 0.5) is 0 Å². The van der Waals surface area contributed by atoms with Crippen molar-refractivity contribution in [3.63, 3.8) is 0 Å². The zero-order valence-corrected chi connectivity index (χ0v) is 13.4. The minimum absolute atomic E-state index is 0.361. The van der Waals surface area contributed by atoms with Crippen molar-refractivity contribution in [3.8, 4) is 0 Å². The molecule has 1 saturated heterocycles. The fourth-order valence-corrected chi connectivity index (χ4v) is 3.94. The summed E-state index contributed by atoms with van der Waals surface area (Å²) in [6.07, 6.45) is 3.47. The molecule has 0 aromatic heterocycles. The van der Waals surface area contributed by atoms with E-state index in [0.717, 1.165) is 48.6 Å². The van der Waals surface area contributed by atoms with E-state index in [2.05, 4.69) is 39.6 Å². The Kier molecular flexibility index (Phi) is 6.67. The Labute approximate surface area is 127 Å². The van der Waals surface area contributed by atoms with Gasteiger partial charge in [-0.3, -0.25) is 11.3 Å². The first-order valence-corrected chi connectivity index (χ1v) is 8.48. The Morgan fingerprint density at radius 3 is 2.79 bits per heavy atom. The van der Waals surface area contributed by atoms with Crippen LogP contribution >= 0.6 is 27.7 Å². The van der Waals surface area contributed by atoms with Crippen LogP contribution in [0.2, 0.25) is 0 Å². The summed E-state index contributed by atoms with van der Waals surface area (Å²) in [6.45, 7) is 1.80. The molecule has 1 heterocycles. The number of nitrogens with one attached hydrogen (secondary N) is 1. The standard InChI is InChI=1S/C14H21BrN2OS/c15-13-3-1-2-4-14(13)19-10-12(17-16)9-11-5-7-18-8-6-11/h1-4,11-12,17H,5-10,16H2. The molecule has 1 aromatic carbocycles. The number of ether oxygens (including phenoxy) is 1. The van der Waals surface area contributed by atoms with Crippen LogP contribution in [0.15, 0.2) is 33.6 Å². The number of halogens is 1. The summed E-state index contributed by atoms with van der Waals surface area (Å²) in [5.74, 6) is 7.43. The van der Waals surface area contributed by atoms with Crippen LogP contribution in [0.25, 0.3) is 0 Å². The second-order valence-corrected chi connectivity index (χ2v) is 6.81. The highest BCUT2D eigenvalue weighted by atomic mass is 79.9. The van der Waals surface area contributed by atoms with Crippen molar-refractivity contribution in [1.29, 1.82) is 0 Å². The maximum absolute atomic E-state index is 5.69. The van der Waals surface area contributed by atoms with E-state index in [1.54, 1.807) is 0 Å². The first-order chi connectivity index (χ1) is 9.29. The van der Waals surface area contributed by atoms with Crippen LogP contribution in [-0.2, 0) is 4.74 Å². The molecule has 19 heavy (non-hydrogen) atoms. The molecule has 1 unspecified atom stereocenters. The topological polar surface area (TPSA) is 47.3 Å². The summed E-state index contributed by atoms with van der Waals surface area (Å²) in [5.41, 5.74) is 2.96. The highest BCUT2D eigenvalue weighted by Crippen LogP contribution is 2.29. The highest BCUT2D eigenvalue weighted by molar-refractivity contribution is 9.10. The van der Waals surface area contributed by atoms with E-state index in [1.165, 1.54) is 4.90 Å². The van der Waals surface area contributed by atoms with Crippen molar-refractivity contribution in [2.45, 2.75) is 30.2 Å². The Hall–Kier alpha value is -0.0700. The zero-order valence-electron chi connectivity index (χ0n) is 11.0. The number of rotatable bonds is 6. The van der Waals surface area contributed by atoms with Gasteiger partial charge >= 0.3 is 0 Å². The monoisotopic (exact) mass is 344 g/mol. The molecule has 5 heteroatoms. The zero-order chi connectivity index (χ0) is 13.5. The van der Waals surface area contributed by atoms with E-state index >= 15 is 0 Å². The maximum atomic E-state index is 5.69. The van der Waals surface area contributed by atoms with Crippen molar-refractivity contribution in [2.24, 2.45) is 11.8 Å². The quantitative estimate of drug-likeness (QED) is 0.472. The fourth-order valence-electron chi connectivity index (χ4n) is 2.32. The van der Waals surface area contributed by atoms with Crippen molar-refractivity contribution >= 4 is 27.7 Å². The van der Waals surface area contributed by atoms with Gasteiger partial charge < -0.3 is 4.74 Å². The van der Waals surface area contributed by atoms with E-state index < -0.39 is 0 Å². The van der Waals surface area contributed by atoms with Crippen molar-refractivity contribution in [2.75, 3.05) is 19.0 Å². The molecule has 3 nitrogen and oxygen atoms in total. The SMILES string of the molecule is NNC(CSc1ccccc1Br)CC1CCOCC1. The second-order valence-electron chi connectivity index (χ2n) is 4.90. The summed E-state index contributed by atoms with van der Waals surface area (Å²) in [7, 11) is 0. The van der Waals surface area contributed by atoms with Gasteiger partial charge in [-0.05, 0) is 53.2 Å². The Morgan fingerprint density at radius 1 is 1.37 bits per heavy atom. The average molecular weight is 345 g/mol. The van der Waals surface area contributed by atoms with Crippen molar-refractivity contribution < 1.29 is 4.74 Å². The largest absolute Gasteiger partial charge is 0.381 e. The van der Waals surface area contributed by atoms with Gasteiger partial charge in [0.25, 0.3) is 0 Å². The molecule has 0 radical (unpaired) electrons.